The molecule has 30 heavy (non-hydrogen) atoms. The van der Waals surface area contributed by atoms with Crippen LogP contribution in [0.25, 0.3) is 5.69 Å². The van der Waals surface area contributed by atoms with E-state index in [-0.39, 0.29) is 30.3 Å². The van der Waals surface area contributed by atoms with E-state index in [2.05, 4.69) is 27.9 Å². The Morgan fingerprint density at radius 3 is 2.93 bits per heavy atom. The Morgan fingerprint density at radius 2 is 2.20 bits per heavy atom. The molecule has 154 valence electrons. The van der Waals surface area contributed by atoms with Crippen LogP contribution < -0.4 is 4.74 Å². The van der Waals surface area contributed by atoms with Crippen LogP contribution in [-0.4, -0.2) is 42.8 Å². The fraction of sp³-hybridized carbons (Fsp3) is 0.273. The Balaban J connectivity index is 1.39. The lowest BCUT2D eigenvalue weighted by molar-refractivity contribution is 0.0611. The van der Waals surface area contributed by atoms with Crippen LogP contribution in [0.3, 0.4) is 0 Å². The molecule has 1 aliphatic rings. The van der Waals surface area contributed by atoms with E-state index < -0.39 is 0 Å². The van der Waals surface area contributed by atoms with Crippen LogP contribution in [-0.2, 0) is 6.61 Å². The topological polar surface area (TPSA) is 86.3 Å². The fourth-order valence-corrected chi connectivity index (χ4v) is 3.53. The van der Waals surface area contributed by atoms with E-state index in [0.29, 0.717) is 11.5 Å². The molecule has 0 unspecified atom stereocenters. The average Bonchev–Trinajstić information content (AvgIpc) is 3.45. The normalized spacial score (nSPS) is 18.4. The van der Waals surface area contributed by atoms with Crippen molar-refractivity contribution in [3.05, 3.63) is 79.2 Å². The molecular formula is C22H23N5O3. The highest BCUT2D eigenvalue weighted by atomic mass is 16.5. The summed E-state index contributed by atoms with van der Waals surface area (Å²) in [4.78, 5) is 18.8. The molecule has 8 heteroatoms. The number of nitrogens with zero attached hydrogens (tertiary/aromatic N) is 5. The SMILES string of the molecule is C=CC[C@@H]1CC=C[C@@H](C)N1C(=O)c1cc(COc2ccc(-n3cncn3)cc2)on1. The minimum Gasteiger partial charge on any atom is -0.486 e. The zero-order valence-corrected chi connectivity index (χ0v) is 16.7. The molecule has 1 aromatic carbocycles. The quantitative estimate of drug-likeness (QED) is 0.559. The van der Waals surface area contributed by atoms with Crippen molar-refractivity contribution in [2.24, 2.45) is 0 Å². The van der Waals surface area contributed by atoms with E-state index in [1.807, 2.05) is 48.2 Å². The second kappa shape index (κ2) is 8.77. The molecule has 0 bridgehead atoms. The molecule has 4 rings (SSSR count). The second-order valence-corrected chi connectivity index (χ2v) is 7.10. The van der Waals surface area contributed by atoms with Crippen molar-refractivity contribution in [3.8, 4) is 11.4 Å². The van der Waals surface area contributed by atoms with Gasteiger partial charge in [0.05, 0.1) is 5.69 Å². The van der Waals surface area contributed by atoms with Crippen LogP contribution in [0, 0.1) is 0 Å². The maximum atomic E-state index is 13.0. The van der Waals surface area contributed by atoms with Crippen molar-refractivity contribution in [1.29, 1.82) is 0 Å². The van der Waals surface area contributed by atoms with Crippen molar-refractivity contribution in [2.45, 2.75) is 38.5 Å². The third-order valence-electron chi connectivity index (χ3n) is 5.01. The first-order valence-electron chi connectivity index (χ1n) is 9.79. The molecule has 2 aromatic heterocycles. The van der Waals surface area contributed by atoms with Gasteiger partial charge in [0.15, 0.2) is 11.5 Å². The van der Waals surface area contributed by atoms with Gasteiger partial charge in [0.1, 0.15) is 25.0 Å². The van der Waals surface area contributed by atoms with E-state index in [1.54, 1.807) is 17.1 Å². The summed E-state index contributed by atoms with van der Waals surface area (Å²) in [6, 6.07) is 9.14. The summed E-state index contributed by atoms with van der Waals surface area (Å²) in [7, 11) is 0. The number of amides is 1. The lowest BCUT2D eigenvalue weighted by Crippen LogP contribution is -2.47. The molecule has 0 radical (unpaired) electrons. The molecular weight excluding hydrogens is 382 g/mol. The molecule has 0 N–H and O–H groups in total. The van der Waals surface area contributed by atoms with E-state index >= 15 is 0 Å². The minimum atomic E-state index is -0.147. The van der Waals surface area contributed by atoms with E-state index in [0.717, 1.165) is 18.5 Å². The third-order valence-corrected chi connectivity index (χ3v) is 5.01. The van der Waals surface area contributed by atoms with Gasteiger partial charge in [0, 0.05) is 18.2 Å². The van der Waals surface area contributed by atoms with Crippen LogP contribution >= 0.6 is 0 Å². The Morgan fingerprint density at radius 1 is 1.37 bits per heavy atom. The van der Waals surface area contributed by atoms with Gasteiger partial charge in [0.25, 0.3) is 5.91 Å². The summed E-state index contributed by atoms with van der Waals surface area (Å²) < 4.78 is 12.7. The van der Waals surface area contributed by atoms with Gasteiger partial charge >= 0.3 is 0 Å². The van der Waals surface area contributed by atoms with Gasteiger partial charge in [-0.2, -0.15) is 5.10 Å². The Bertz CT molecular complexity index is 1020. The van der Waals surface area contributed by atoms with Gasteiger partial charge in [-0.1, -0.05) is 23.4 Å². The average molecular weight is 405 g/mol. The first kappa shape index (κ1) is 19.6. The standard InChI is InChI=1S/C22H23N5O3/c1-3-5-18-7-4-6-16(2)27(18)22(28)21-12-20(30-25-21)13-29-19-10-8-17(9-11-19)26-15-23-14-24-26/h3-4,6,8-12,14-16,18H,1,5,7,13H2,2H3/t16-,18-/m1/s1. The summed E-state index contributed by atoms with van der Waals surface area (Å²) in [5.41, 5.74) is 1.16. The van der Waals surface area contributed by atoms with Crippen LogP contribution in [0.5, 0.6) is 5.75 Å². The number of ether oxygens (including phenoxy) is 1. The van der Waals surface area contributed by atoms with Crippen LogP contribution in [0.15, 0.2) is 72.3 Å². The summed E-state index contributed by atoms with van der Waals surface area (Å²) >= 11 is 0. The molecule has 0 saturated carbocycles. The van der Waals surface area contributed by atoms with Crippen molar-refractivity contribution in [1.82, 2.24) is 24.8 Å². The monoisotopic (exact) mass is 405 g/mol. The van der Waals surface area contributed by atoms with Gasteiger partial charge < -0.3 is 14.2 Å². The van der Waals surface area contributed by atoms with E-state index in [4.69, 9.17) is 9.26 Å². The van der Waals surface area contributed by atoms with E-state index in [1.165, 1.54) is 6.33 Å². The zero-order valence-electron chi connectivity index (χ0n) is 16.7. The number of hydrogen-bond donors (Lipinski definition) is 0. The van der Waals surface area contributed by atoms with Gasteiger partial charge in [0.2, 0.25) is 0 Å². The van der Waals surface area contributed by atoms with Gasteiger partial charge in [-0.3, -0.25) is 4.79 Å². The van der Waals surface area contributed by atoms with Crippen molar-refractivity contribution in [2.75, 3.05) is 0 Å². The molecule has 0 spiro atoms. The molecule has 2 atom stereocenters. The highest BCUT2D eigenvalue weighted by molar-refractivity contribution is 5.93. The molecule has 1 aliphatic heterocycles. The summed E-state index contributed by atoms with van der Waals surface area (Å²) in [6.07, 6.45) is 10.6. The van der Waals surface area contributed by atoms with Crippen molar-refractivity contribution >= 4 is 5.91 Å². The largest absolute Gasteiger partial charge is 0.486 e. The smallest absolute Gasteiger partial charge is 0.276 e. The lowest BCUT2D eigenvalue weighted by Gasteiger charge is -2.36. The first-order chi connectivity index (χ1) is 14.7. The summed E-state index contributed by atoms with van der Waals surface area (Å²) in [6.45, 7) is 5.97. The zero-order chi connectivity index (χ0) is 20.9. The van der Waals surface area contributed by atoms with Crippen molar-refractivity contribution < 1.29 is 14.1 Å². The van der Waals surface area contributed by atoms with Crippen molar-refractivity contribution in [3.63, 3.8) is 0 Å². The molecule has 0 saturated heterocycles. The predicted octanol–water partition coefficient (Wildman–Crippen LogP) is 3.57. The number of benzene rings is 1. The first-order valence-corrected chi connectivity index (χ1v) is 9.79. The third kappa shape index (κ3) is 4.17. The molecule has 3 aromatic rings. The molecule has 0 fully saturated rings. The van der Waals surface area contributed by atoms with Gasteiger partial charge in [-0.15, -0.1) is 6.58 Å². The highest BCUT2D eigenvalue weighted by Gasteiger charge is 2.31. The van der Waals surface area contributed by atoms with Gasteiger partial charge in [-0.05, 0) is 44.0 Å². The number of carbonyl (C=O) groups is 1. The number of hydrogen-bond acceptors (Lipinski definition) is 6. The number of carbonyl (C=O) groups excluding carboxylic acids is 1. The molecule has 8 nitrogen and oxygen atoms in total. The Hall–Kier alpha value is -3.68. The van der Waals surface area contributed by atoms with Crippen LogP contribution in [0.2, 0.25) is 0 Å². The molecule has 0 aliphatic carbocycles. The maximum absolute atomic E-state index is 13.0. The number of aromatic nitrogens is 4. The fourth-order valence-electron chi connectivity index (χ4n) is 3.53. The van der Waals surface area contributed by atoms with Crippen LogP contribution in [0.1, 0.15) is 36.0 Å². The minimum absolute atomic E-state index is 0.00361. The van der Waals surface area contributed by atoms with E-state index in [9.17, 15) is 4.79 Å². The lowest BCUT2D eigenvalue weighted by atomic mass is 10.00. The summed E-state index contributed by atoms with van der Waals surface area (Å²) in [5, 5.41) is 8.05. The van der Waals surface area contributed by atoms with Gasteiger partial charge in [-0.25, -0.2) is 9.67 Å². The number of rotatable bonds is 7. The highest BCUT2D eigenvalue weighted by Crippen LogP contribution is 2.23. The van der Waals surface area contributed by atoms with Crippen LogP contribution in [0.4, 0.5) is 0 Å². The molecule has 1 amide bonds. The maximum Gasteiger partial charge on any atom is 0.276 e. The Kier molecular flexibility index (Phi) is 5.74. The molecule has 3 heterocycles. The second-order valence-electron chi connectivity index (χ2n) is 7.10. The predicted molar refractivity (Wildman–Crippen MR) is 110 cm³/mol. The Labute approximate surface area is 174 Å². The summed E-state index contributed by atoms with van der Waals surface area (Å²) in [5.74, 6) is 1.01.